The van der Waals surface area contributed by atoms with Crippen LogP contribution in [0.2, 0.25) is 0 Å². The largest absolute Gasteiger partial charge is 0.351 e. The zero-order chi connectivity index (χ0) is 17.9. The molecule has 0 radical (unpaired) electrons. The van der Waals surface area contributed by atoms with Crippen LogP contribution in [0.4, 0.5) is 5.95 Å². The lowest BCUT2D eigenvalue weighted by molar-refractivity contribution is -0.124. The van der Waals surface area contributed by atoms with E-state index < -0.39 is 0 Å². The fourth-order valence-corrected chi connectivity index (χ4v) is 3.41. The molecule has 0 unspecified atom stereocenters. The summed E-state index contributed by atoms with van der Waals surface area (Å²) in [4.78, 5) is 27.8. The third-order valence-corrected chi connectivity index (χ3v) is 4.95. The van der Waals surface area contributed by atoms with Gasteiger partial charge in [0.15, 0.2) is 0 Å². The molecule has 1 saturated heterocycles. The van der Waals surface area contributed by atoms with Crippen LogP contribution >= 0.6 is 0 Å². The Morgan fingerprint density at radius 2 is 1.85 bits per heavy atom. The predicted molar refractivity (Wildman–Crippen MR) is 99.9 cm³/mol. The summed E-state index contributed by atoms with van der Waals surface area (Å²) in [7, 11) is 0. The van der Waals surface area contributed by atoms with E-state index in [1.54, 1.807) is 18.7 Å². The van der Waals surface area contributed by atoms with Crippen molar-refractivity contribution in [2.75, 3.05) is 18.0 Å². The number of piperidine rings is 1. The van der Waals surface area contributed by atoms with Crippen molar-refractivity contribution in [2.24, 2.45) is 0 Å². The molecule has 2 aromatic heterocycles. The van der Waals surface area contributed by atoms with Crippen LogP contribution in [-0.4, -0.2) is 44.6 Å². The summed E-state index contributed by atoms with van der Waals surface area (Å²) in [6.07, 6.45) is 7.04. The van der Waals surface area contributed by atoms with Crippen LogP contribution in [-0.2, 0) is 4.79 Å². The molecular weight excluding hydrogens is 328 g/mol. The minimum Gasteiger partial charge on any atom is -0.351 e. The number of hydrogen-bond donors (Lipinski definition) is 1. The van der Waals surface area contributed by atoms with Crippen molar-refractivity contribution >= 4 is 22.9 Å². The highest BCUT2D eigenvalue weighted by Crippen LogP contribution is 2.19. The molecule has 1 N–H and O–H groups in total. The van der Waals surface area contributed by atoms with E-state index in [0.29, 0.717) is 0 Å². The summed E-state index contributed by atoms with van der Waals surface area (Å²) in [5, 5.41) is 3.19. The second kappa shape index (κ2) is 7.11. The first-order chi connectivity index (χ1) is 12.7. The van der Waals surface area contributed by atoms with Crippen molar-refractivity contribution in [3.05, 3.63) is 49.1 Å². The maximum Gasteiger partial charge on any atom is 0.243 e. The zero-order valence-electron chi connectivity index (χ0n) is 14.7. The van der Waals surface area contributed by atoms with Gasteiger partial charge >= 0.3 is 0 Å². The van der Waals surface area contributed by atoms with Gasteiger partial charge in [0.2, 0.25) is 11.9 Å². The quantitative estimate of drug-likeness (QED) is 0.780. The van der Waals surface area contributed by atoms with E-state index >= 15 is 0 Å². The van der Waals surface area contributed by atoms with Crippen LogP contribution in [0, 0.1) is 0 Å². The lowest BCUT2D eigenvalue weighted by atomic mass is 10.0. The Hall–Kier alpha value is -2.96. The number of hydrogen-bond acceptors (Lipinski definition) is 5. The van der Waals surface area contributed by atoms with Gasteiger partial charge < -0.3 is 14.8 Å². The van der Waals surface area contributed by atoms with Crippen molar-refractivity contribution in [3.63, 3.8) is 0 Å². The molecule has 1 aromatic carbocycles. The van der Waals surface area contributed by atoms with Crippen LogP contribution in [0.1, 0.15) is 25.8 Å². The molecule has 26 heavy (non-hydrogen) atoms. The van der Waals surface area contributed by atoms with Gasteiger partial charge in [-0.3, -0.25) is 4.79 Å². The van der Waals surface area contributed by atoms with Gasteiger partial charge in [-0.05, 0) is 38.0 Å². The van der Waals surface area contributed by atoms with E-state index in [1.165, 1.54) is 0 Å². The minimum atomic E-state index is -0.294. The van der Waals surface area contributed by atoms with Gasteiger partial charge in [-0.2, -0.15) is 0 Å². The highest BCUT2D eigenvalue weighted by Gasteiger charge is 2.25. The molecule has 1 aliphatic rings. The highest BCUT2D eigenvalue weighted by atomic mass is 16.2. The second-order valence-electron chi connectivity index (χ2n) is 6.64. The van der Waals surface area contributed by atoms with E-state index in [4.69, 9.17) is 0 Å². The van der Waals surface area contributed by atoms with Gasteiger partial charge in [-0.1, -0.05) is 12.1 Å². The standard InChI is InChI=1S/C19H22N6O/c1-14(25-13-22-16-5-2-3-6-17(16)25)18(26)23-15-7-11-24(12-8-15)19-20-9-4-10-21-19/h2-6,9-10,13-15H,7-8,11-12H2,1H3,(H,23,26)/t14-/m0/s1. The van der Waals surface area contributed by atoms with E-state index in [2.05, 4.69) is 25.2 Å². The Kier molecular flexibility index (Phi) is 4.51. The number of carbonyl (C=O) groups excluding carboxylic acids is 1. The van der Waals surface area contributed by atoms with Gasteiger partial charge in [-0.25, -0.2) is 15.0 Å². The van der Waals surface area contributed by atoms with Crippen LogP contribution in [0.15, 0.2) is 49.1 Å². The Morgan fingerprint density at radius 3 is 2.62 bits per heavy atom. The van der Waals surface area contributed by atoms with Crippen molar-refractivity contribution in [1.29, 1.82) is 0 Å². The number of aromatic nitrogens is 4. The van der Waals surface area contributed by atoms with Crippen LogP contribution in [0.5, 0.6) is 0 Å². The highest BCUT2D eigenvalue weighted by molar-refractivity contribution is 5.83. The summed E-state index contributed by atoms with van der Waals surface area (Å²) in [5.74, 6) is 0.790. The lowest BCUT2D eigenvalue weighted by Gasteiger charge is -2.32. The molecule has 7 nitrogen and oxygen atoms in total. The van der Waals surface area contributed by atoms with Gasteiger partial charge in [0, 0.05) is 31.5 Å². The number of amides is 1. The third kappa shape index (κ3) is 3.24. The molecule has 7 heteroatoms. The molecule has 1 amide bonds. The Balaban J connectivity index is 1.37. The summed E-state index contributed by atoms with van der Waals surface area (Å²) in [6, 6.07) is 9.57. The fourth-order valence-electron chi connectivity index (χ4n) is 3.41. The van der Waals surface area contributed by atoms with Crippen LogP contribution in [0.25, 0.3) is 11.0 Å². The number of fused-ring (bicyclic) bond motifs is 1. The number of carbonyl (C=O) groups is 1. The third-order valence-electron chi connectivity index (χ3n) is 4.95. The molecule has 1 fully saturated rings. The molecule has 4 rings (SSSR count). The number of anilines is 1. The molecule has 3 heterocycles. The van der Waals surface area contributed by atoms with Crippen molar-refractivity contribution < 1.29 is 4.79 Å². The maximum atomic E-state index is 12.7. The van der Waals surface area contributed by atoms with Crippen molar-refractivity contribution in [1.82, 2.24) is 24.8 Å². The van der Waals surface area contributed by atoms with Gasteiger partial charge in [-0.15, -0.1) is 0 Å². The van der Waals surface area contributed by atoms with Crippen molar-refractivity contribution in [3.8, 4) is 0 Å². The molecule has 134 valence electrons. The second-order valence-corrected chi connectivity index (χ2v) is 6.64. The molecule has 1 aliphatic heterocycles. The molecule has 3 aromatic rings. The molecule has 1 atom stereocenters. The summed E-state index contributed by atoms with van der Waals surface area (Å²) >= 11 is 0. The average molecular weight is 350 g/mol. The smallest absolute Gasteiger partial charge is 0.243 e. The monoisotopic (exact) mass is 350 g/mol. The molecule has 0 aliphatic carbocycles. The predicted octanol–water partition coefficient (Wildman–Crippen LogP) is 2.17. The maximum absolute atomic E-state index is 12.7. The Morgan fingerprint density at radius 1 is 1.12 bits per heavy atom. The number of nitrogens with zero attached hydrogens (tertiary/aromatic N) is 5. The molecular formula is C19H22N6O. The van der Waals surface area contributed by atoms with E-state index in [-0.39, 0.29) is 18.0 Å². The summed E-state index contributed by atoms with van der Waals surface area (Å²) in [6.45, 7) is 3.60. The molecule has 0 bridgehead atoms. The zero-order valence-corrected chi connectivity index (χ0v) is 14.7. The Bertz CT molecular complexity index is 885. The first-order valence-electron chi connectivity index (χ1n) is 8.96. The summed E-state index contributed by atoms with van der Waals surface area (Å²) < 4.78 is 1.93. The van der Waals surface area contributed by atoms with Crippen LogP contribution in [0.3, 0.4) is 0 Å². The van der Waals surface area contributed by atoms with E-state index in [9.17, 15) is 4.79 Å². The van der Waals surface area contributed by atoms with E-state index in [1.807, 2.05) is 41.8 Å². The molecule has 0 spiro atoms. The first-order valence-corrected chi connectivity index (χ1v) is 8.96. The van der Waals surface area contributed by atoms with E-state index in [0.717, 1.165) is 42.9 Å². The first kappa shape index (κ1) is 16.5. The molecule has 0 saturated carbocycles. The number of para-hydroxylation sites is 2. The normalized spacial score (nSPS) is 16.6. The Labute approximate surface area is 152 Å². The number of imidazole rings is 1. The minimum absolute atomic E-state index is 0.0302. The summed E-state index contributed by atoms with van der Waals surface area (Å²) in [5.41, 5.74) is 1.88. The fraction of sp³-hybridized carbons (Fsp3) is 0.368. The number of nitrogens with one attached hydrogen (secondary N) is 1. The SMILES string of the molecule is C[C@@H](C(=O)NC1CCN(c2ncccn2)CC1)n1cnc2ccccc21. The topological polar surface area (TPSA) is 75.9 Å². The number of benzene rings is 1. The van der Waals surface area contributed by atoms with Gasteiger partial charge in [0.25, 0.3) is 0 Å². The van der Waals surface area contributed by atoms with Crippen molar-refractivity contribution in [2.45, 2.75) is 31.8 Å². The van der Waals surface area contributed by atoms with Gasteiger partial charge in [0.05, 0.1) is 17.4 Å². The number of rotatable bonds is 4. The van der Waals surface area contributed by atoms with Crippen LogP contribution < -0.4 is 10.2 Å². The average Bonchev–Trinajstić information content (AvgIpc) is 3.13. The van der Waals surface area contributed by atoms with Gasteiger partial charge in [0.1, 0.15) is 6.04 Å². The lowest BCUT2D eigenvalue weighted by Crippen LogP contribution is -2.46.